The van der Waals surface area contributed by atoms with Gasteiger partial charge in [-0.3, -0.25) is 19.4 Å². The minimum absolute atomic E-state index is 0.0823. The summed E-state index contributed by atoms with van der Waals surface area (Å²) >= 11 is 0. The summed E-state index contributed by atoms with van der Waals surface area (Å²) in [6, 6.07) is 0.222. The number of amides is 1. The fourth-order valence-electron chi connectivity index (χ4n) is 7.11. The maximum absolute atomic E-state index is 13.1. The largest absolute Gasteiger partial charge is 0.480 e. The van der Waals surface area contributed by atoms with Crippen LogP contribution in [0.4, 0.5) is 0 Å². The van der Waals surface area contributed by atoms with Crippen molar-refractivity contribution in [3.8, 4) is 0 Å². The predicted molar refractivity (Wildman–Crippen MR) is 108 cm³/mol. The van der Waals surface area contributed by atoms with E-state index in [9.17, 15) is 9.59 Å². The first-order valence-electron chi connectivity index (χ1n) is 11.4. The molecule has 1 unspecified atom stereocenters. The minimum atomic E-state index is -0.757. The van der Waals surface area contributed by atoms with Gasteiger partial charge in [-0.2, -0.15) is 0 Å². The van der Waals surface area contributed by atoms with Crippen molar-refractivity contribution in [2.75, 3.05) is 26.2 Å². The van der Waals surface area contributed by atoms with Gasteiger partial charge in [-0.05, 0) is 82.6 Å². The third-order valence-electron chi connectivity index (χ3n) is 8.11. The van der Waals surface area contributed by atoms with E-state index in [-0.39, 0.29) is 24.0 Å². The van der Waals surface area contributed by atoms with Crippen molar-refractivity contribution < 1.29 is 14.7 Å². The molecule has 2 N–H and O–H groups in total. The number of likely N-dealkylation sites (tertiary alicyclic amines) is 1. The molecule has 0 spiro atoms. The Morgan fingerprint density at radius 3 is 2.11 bits per heavy atom. The molecule has 4 bridgehead atoms. The smallest absolute Gasteiger partial charge is 0.317 e. The highest BCUT2D eigenvalue weighted by molar-refractivity contribution is 5.82. The van der Waals surface area contributed by atoms with Crippen LogP contribution in [-0.4, -0.2) is 70.6 Å². The minimum Gasteiger partial charge on any atom is -0.480 e. The first-order chi connectivity index (χ1) is 13.4. The van der Waals surface area contributed by atoms with Gasteiger partial charge in [0.05, 0.1) is 12.6 Å². The number of hydrogen-bond acceptors (Lipinski definition) is 4. The fourth-order valence-corrected chi connectivity index (χ4v) is 7.11. The molecule has 28 heavy (non-hydrogen) atoms. The molecule has 5 rings (SSSR count). The Hall–Kier alpha value is -1.14. The zero-order chi connectivity index (χ0) is 19.9. The fraction of sp³-hybridized carbons (Fsp3) is 0.909. The number of likely N-dealkylation sites (N-methyl/N-ethyl adjacent to an activating group) is 1. The number of nitrogens with one attached hydrogen (secondary N) is 1. The number of hydrogen-bond donors (Lipinski definition) is 2. The van der Waals surface area contributed by atoms with Crippen molar-refractivity contribution in [2.24, 2.45) is 17.8 Å². The quantitative estimate of drug-likeness (QED) is 0.697. The Kier molecular flexibility index (Phi) is 5.71. The SMILES string of the molecule is CCN(CC(=O)O)C1CCN(C(C)C(=O)NC23CC4CC(CC(C4)C2)C3)CC1. The van der Waals surface area contributed by atoms with Crippen LogP contribution in [0.25, 0.3) is 0 Å². The summed E-state index contributed by atoms with van der Waals surface area (Å²) in [4.78, 5) is 28.5. The van der Waals surface area contributed by atoms with E-state index in [1.165, 1.54) is 38.5 Å². The van der Waals surface area contributed by atoms with Gasteiger partial charge in [0.25, 0.3) is 0 Å². The molecule has 158 valence electrons. The van der Waals surface area contributed by atoms with E-state index < -0.39 is 5.97 Å². The molecule has 0 aromatic rings. The summed E-state index contributed by atoms with van der Waals surface area (Å²) in [5.74, 6) is 1.97. The number of carboxylic acid groups (broad SMARTS) is 1. The Morgan fingerprint density at radius 2 is 1.64 bits per heavy atom. The Labute approximate surface area is 169 Å². The highest BCUT2D eigenvalue weighted by Crippen LogP contribution is 2.55. The van der Waals surface area contributed by atoms with Gasteiger partial charge in [0, 0.05) is 24.7 Å². The van der Waals surface area contributed by atoms with Crippen LogP contribution in [0.15, 0.2) is 0 Å². The van der Waals surface area contributed by atoms with Crippen molar-refractivity contribution in [3.05, 3.63) is 0 Å². The van der Waals surface area contributed by atoms with Gasteiger partial charge in [-0.25, -0.2) is 0 Å². The lowest BCUT2D eigenvalue weighted by Crippen LogP contribution is -2.62. The van der Waals surface area contributed by atoms with Gasteiger partial charge in [-0.1, -0.05) is 6.92 Å². The third kappa shape index (κ3) is 4.09. The van der Waals surface area contributed by atoms with Gasteiger partial charge in [0.2, 0.25) is 5.91 Å². The van der Waals surface area contributed by atoms with Crippen LogP contribution in [0.1, 0.15) is 65.2 Å². The molecule has 1 amide bonds. The second-order valence-corrected chi connectivity index (χ2v) is 10.1. The van der Waals surface area contributed by atoms with Crippen LogP contribution in [0.5, 0.6) is 0 Å². The second-order valence-electron chi connectivity index (χ2n) is 10.1. The Morgan fingerprint density at radius 1 is 1.11 bits per heavy atom. The summed E-state index contributed by atoms with van der Waals surface area (Å²) in [5.41, 5.74) is 0.0823. The molecule has 0 aromatic carbocycles. The van der Waals surface area contributed by atoms with Crippen LogP contribution in [0, 0.1) is 17.8 Å². The number of carboxylic acids is 1. The Bertz CT molecular complexity index is 565. The molecule has 5 fully saturated rings. The van der Waals surface area contributed by atoms with Crippen molar-refractivity contribution in [1.82, 2.24) is 15.1 Å². The van der Waals surface area contributed by atoms with E-state index in [0.717, 1.165) is 50.2 Å². The molecule has 1 atom stereocenters. The molecule has 1 saturated heterocycles. The van der Waals surface area contributed by atoms with E-state index in [0.29, 0.717) is 6.04 Å². The summed E-state index contributed by atoms with van der Waals surface area (Å²) in [6.45, 7) is 6.69. The molecule has 6 heteroatoms. The third-order valence-corrected chi connectivity index (χ3v) is 8.11. The zero-order valence-electron chi connectivity index (χ0n) is 17.5. The van der Waals surface area contributed by atoms with Gasteiger partial charge in [0.15, 0.2) is 0 Å². The molecule has 1 heterocycles. The molecule has 1 aliphatic heterocycles. The number of nitrogens with zero attached hydrogens (tertiary/aromatic N) is 2. The van der Waals surface area contributed by atoms with E-state index in [4.69, 9.17) is 5.11 Å². The van der Waals surface area contributed by atoms with Gasteiger partial charge in [0.1, 0.15) is 0 Å². The molecule has 6 nitrogen and oxygen atoms in total. The van der Waals surface area contributed by atoms with E-state index in [2.05, 4.69) is 15.1 Å². The number of rotatable bonds is 7. The molecular weight excluding hydrogens is 354 g/mol. The average molecular weight is 392 g/mol. The standard InChI is InChI=1S/C22H37N3O3/c1-3-24(14-20(26)27)19-4-6-25(7-5-19)15(2)21(28)23-22-11-16-8-17(12-22)10-18(9-16)13-22/h15-19H,3-14H2,1-2H3,(H,23,28)(H,26,27). The maximum Gasteiger partial charge on any atom is 0.317 e. The molecule has 4 aliphatic carbocycles. The predicted octanol–water partition coefficient (Wildman–Crippen LogP) is 2.33. The van der Waals surface area contributed by atoms with E-state index in [1.54, 1.807) is 0 Å². The van der Waals surface area contributed by atoms with Crippen molar-refractivity contribution in [1.29, 1.82) is 0 Å². The molecule has 4 saturated carbocycles. The number of aliphatic carboxylic acids is 1. The Balaban J connectivity index is 1.30. The molecule has 0 aromatic heterocycles. The van der Waals surface area contributed by atoms with Crippen LogP contribution in [0.2, 0.25) is 0 Å². The van der Waals surface area contributed by atoms with Gasteiger partial charge >= 0.3 is 5.97 Å². The highest BCUT2D eigenvalue weighted by atomic mass is 16.4. The topological polar surface area (TPSA) is 72.9 Å². The normalized spacial score (nSPS) is 36.6. The van der Waals surface area contributed by atoms with Gasteiger partial charge in [-0.15, -0.1) is 0 Å². The van der Waals surface area contributed by atoms with Crippen molar-refractivity contribution in [2.45, 2.75) is 82.8 Å². The molecular formula is C22H37N3O3. The summed E-state index contributed by atoms with van der Waals surface area (Å²) in [6.07, 6.45) is 9.64. The summed E-state index contributed by atoms with van der Waals surface area (Å²) in [7, 11) is 0. The lowest BCUT2D eigenvalue weighted by Gasteiger charge is -2.57. The van der Waals surface area contributed by atoms with Gasteiger partial charge < -0.3 is 10.4 Å². The molecule has 0 radical (unpaired) electrons. The van der Waals surface area contributed by atoms with Crippen LogP contribution in [-0.2, 0) is 9.59 Å². The van der Waals surface area contributed by atoms with Crippen LogP contribution in [0.3, 0.4) is 0 Å². The maximum atomic E-state index is 13.1. The lowest BCUT2D eigenvalue weighted by atomic mass is 9.53. The van der Waals surface area contributed by atoms with Crippen molar-refractivity contribution in [3.63, 3.8) is 0 Å². The van der Waals surface area contributed by atoms with Crippen LogP contribution >= 0.6 is 0 Å². The first kappa shape index (κ1) is 20.1. The monoisotopic (exact) mass is 391 g/mol. The van der Waals surface area contributed by atoms with E-state index >= 15 is 0 Å². The zero-order valence-corrected chi connectivity index (χ0v) is 17.5. The molecule has 5 aliphatic rings. The first-order valence-corrected chi connectivity index (χ1v) is 11.4. The second kappa shape index (κ2) is 7.94. The summed E-state index contributed by atoms with van der Waals surface area (Å²) < 4.78 is 0. The van der Waals surface area contributed by atoms with Crippen LogP contribution < -0.4 is 5.32 Å². The average Bonchev–Trinajstić information content (AvgIpc) is 2.64. The highest BCUT2D eigenvalue weighted by Gasteiger charge is 2.51. The van der Waals surface area contributed by atoms with E-state index in [1.807, 2.05) is 13.8 Å². The lowest BCUT2D eigenvalue weighted by molar-refractivity contribution is -0.139. The van der Waals surface area contributed by atoms with Crippen molar-refractivity contribution >= 4 is 11.9 Å². The number of carbonyl (C=O) groups excluding carboxylic acids is 1. The number of piperidine rings is 1. The number of carbonyl (C=O) groups is 2. The summed E-state index contributed by atoms with van der Waals surface area (Å²) in [5, 5.41) is 12.6.